The lowest BCUT2D eigenvalue weighted by Crippen LogP contribution is -2.06. The molecule has 0 aromatic carbocycles. The molecule has 0 saturated heterocycles. The molecule has 14 heavy (non-hydrogen) atoms. The molecule has 0 aromatic rings. The first-order chi connectivity index (χ1) is 6.93. The summed E-state index contributed by atoms with van der Waals surface area (Å²) in [6, 6.07) is 0. The van der Waals surface area contributed by atoms with Gasteiger partial charge in [-0.3, -0.25) is 0 Å². The number of unbranched alkanes of at least 4 members (excludes halogenated alkanes) is 5. The molecular formula is C14H27. The van der Waals surface area contributed by atoms with Crippen LogP contribution in [0.4, 0.5) is 0 Å². The zero-order valence-corrected chi connectivity index (χ0v) is 9.93. The molecule has 0 bridgehead atoms. The summed E-state index contributed by atoms with van der Waals surface area (Å²) < 4.78 is 0. The van der Waals surface area contributed by atoms with Gasteiger partial charge in [-0.25, -0.2) is 0 Å². The van der Waals surface area contributed by atoms with Crippen LogP contribution in [0.2, 0.25) is 0 Å². The van der Waals surface area contributed by atoms with Crippen molar-refractivity contribution in [2.24, 2.45) is 5.92 Å². The van der Waals surface area contributed by atoms with Gasteiger partial charge in [-0.2, -0.15) is 0 Å². The summed E-state index contributed by atoms with van der Waals surface area (Å²) in [5.74, 6) is 0.981. The molecule has 1 atom stereocenters. The van der Waals surface area contributed by atoms with Gasteiger partial charge >= 0.3 is 0 Å². The molecule has 1 saturated carbocycles. The Balaban J connectivity index is 1.82. The van der Waals surface area contributed by atoms with E-state index in [-0.39, 0.29) is 0 Å². The summed E-state index contributed by atoms with van der Waals surface area (Å²) in [7, 11) is 0. The fraction of sp³-hybridized carbons (Fsp3) is 0.929. The van der Waals surface area contributed by atoms with Gasteiger partial charge in [-0.05, 0) is 18.8 Å². The SMILES string of the molecule is CCCCCCCCC1[CH]CCCC1. The molecule has 0 N–H and O–H groups in total. The molecule has 0 amide bonds. The molecular weight excluding hydrogens is 168 g/mol. The van der Waals surface area contributed by atoms with Gasteiger partial charge in [0.05, 0.1) is 0 Å². The largest absolute Gasteiger partial charge is 0.0654 e. The Morgan fingerprint density at radius 1 is 1.00 bits per heavy atom. The van der Waals surface area contributed by atoms with Crippen molar-refractivity contribution in [1.29, 1.82) is 0 Å². The maximum absolute atomic E-state index is 2.58. The van der Waals surface area contributed by atoms with Gasteiger partial charge in [-0.15, -0.1) is 0 Å². The molecule has 0 nitrogen and oxygen atoms in total. The topological polar surface area (TPSA) is 0 Å². The van der Waals surface area contributed by atoms with Crippen LogP contribution in [0, 0.1) is 12.3 Å². The van der Waals surface area contributed by atoms with Gasteiger partial charge in [0.1, 0.15) is 0 Å². The van der Waals surface area contributed by atoms with E-state index >= 15 is 0 Å². The highest BCUT2D eigenvalue weighted by Crippen LogP contribution is 2.27. The minimum Gasteiger partial charge on any atom is -0.0654 e. The van der Waals surface area contributed by atoms with Crippen LogP contribution in [0.3, 0.4) is 0 Å². The molecule has 0 aromatic heterocycles. The molecule has 1 rings (SSSR count). The molecule has 1 aliphatic rings. The van der Waals surface area contributed by atoms with Crippen LogP contribution >= 0.6 is 0 Å². The normalized spacial score (nSPS) is 18.6. The Labute approximate surface area is 90.5 Å². The predicted molar refractivity (Wildman–Crippen MR) is 64.3 cm³/mol. The Morgan fingerprint density at radius 3 is 2.50 bits per heavy atom. The van der Waals surface area contributed by atoms with E-state index in [4.69, 9.17) is 0 Å². The first-order valence-corrected chi connectivity index (χ1v) is 6.77. The predicted octanol–water partition coefficient (Wildman–Crippen LogP) is 5.13. The molecule has 1 unspecified atom stereocenters. The quantitative estimate of drug-likeness (QED) is 0.494. The second-order valence-electron chi connectivity index (χ2n) is 4.84. The fourth-order valence-electron chi connectivity index (χ4n) is 2.47. The fourth-order valence-corrected chi connectivity index (χ4v) is 2.47. The summed E-state index contributed by atoms with van der Waals surface area (Å²) in [6.45, 7) is 2.29. The van der Waals surface area contributed by atoms with Crippen molar-refractivity contribution in [1.82, 2.24) is 0 Å². The third-order valence-corrected chi connectivity index (χ3v) is 3.46. The number of hydrogen-bond acceptors (Lipinski definition) is 0. The maximum Gasteiger partial charge on any atom is -0.0355 e. The van der Waals surface area contributed by atoms with E-state index in [0.717, 1.165) is 5.92 Å². The van der Waals surface area contributed by atoms with Crippen LogP contribution in [-0.2, 0) is 0 Å². The van der Waals surface area contributed by atoms with Crippen LogP contribution in [0.1, 0.15) is 77.6 Å². The van der Waals surface area contributed by atoms with E-state index in [1.165, 1.54) is 70.6 Å². The van der Waals surface area contributed by atoms with Crippen LogP contribution in [-0.4, -0.2) is 0 Å². The van der Waals surface area contributed by atoms with Gasteiger partial charge in [0.2, 0.25) is 0 Å². The van der Waals surface area contributed by atoms with E-state index in [2.05, 4.69) is 13.3 Å². The number of hydrogen-bond donors (Lipinski definition) is 0. The Bertz CT molecular complexity index is 111. The Kier molecular flexibility index (Phi) is 7.17. The van der Waals surface area contributed by atoms with Crippen molar-refractivity contribution in [3.05, 3.63) is 6.42 Å². The minimum atomic E-state index is 0.981. The molecule has 0 aliphatic heterocycles. The standard InChI is InChI=1S/C14H27/c1-2-3-4-5-6-8-11-14-12-9-7-10-13-14/h12,14H,2-11,13H2,1H3. The first kappa shape index (κ1) is 12.1. The van der Waals surface area contributed by atoms with Crippen LogP contribution in [0.5, 0.6) is 0 Å². The van der Waals surface area contributed by atoms with Crippen molar-refractivity contribution in [2.45, 2.75) is 77.6 Å². The van der Waals surface area contributed by atoms with E-state index in [0.29, 0.717) is 0 Å². The summed E-state index contributed by atoms with van der Waals surface area (Å²) in [5.41, 5.74) is 0. The van der Waals surface area contributed by atoms with E-state index in [1.807, 2.05) is 0 Å². The lowest BCUT2D eigenvalue weighted by atomic mass is 9.85. The van der Waals surface area contributed by atoms with Crippen LogP contribution in [0.25, 0.3) is 0 Å². The minimum absolute atomic E-state index is 0.981. The highest BCUT2D eigenvalue weighted by atomic mass is 14.2. The average molecular weight is 195 g/mol. The molecule has 0 heterocycles. The second-order valence-corrected chi connectivity index (χ2v) is 4.84. The molecule has 1 aliphatic carbocycles. The van der Waals surface area contributed by atoms with Crippen molar-refractivity contribution < 1.29 is 0 Å². The van der Waals surface area contributed by atoms with E-state index in [1.54, 1.807) is 0 Å². The van der Waals surface area contributed by atoms with Crippen molar-refractivity contribution >= 4 is 0 Å². The van der Waals surface area contributed by atoms with Gasteiger partial charge in [0.25, 0.3) is 0 Å². The second kappa shape index (κ2) is 8.32. The number of rotatable bonds is 7. The highest BCUT2D eigenvalue weighted by Gasteiger charge is 2.12. The van der Waals surface area contributed by atoms with Gasteiger partial charge in [-0.1, -0.05) is 71.1 Å². The average Bonchev–Trinajstić information content (AvgIpc) is 2.25. The summed E-state index contributed by atoms with van der Waals surface area (Å²) >= 11 is 0. The monoisotopic (exact) mass is 195 g/mol. The Hall–Kier alpha value is 0. The third kappa shape index (κ3) is 5.67. The van der Waals surface area contributed by atoms with Crippen LogP contribution < -0.4 is 0 Å². The van der Waals surface area contributed by atoms with Crippen LogP contribution in [0.15, 0.2) is 0 Å². The van der Waals surface area contributed by atoms with Crippen molar-refractivity contribution in [3.8, 4) is 0 Å². The molecule has 0 heteroatoms. The molecule has 0 spiro atoms. The van der Waals surface area contributed by atoms with Crippen molar-refractivity contribution in [2.75, 3.05) is 0 Å². The smallest absolute Gasteiger partial charge is 0.0355 e. The highest BCUT2D eigenvalue weighted by molar-refractivity contribution is 4.80. The lowest BCUT2D eigenvalue weighted by Gasteiger charge is -2.20. The van der Waals surface area contributed by atoms with Gasteiger partial charge < -0.3 is 0 Å². The summed E-state index contributed by atoms with van der Waals surface area (Å²) in [6.07, 6.45) is 18.6. The summed E-state index contributed by atoms with van der Waals surface area (Å²) in [4.78, 5) is 0. The Morgan fingerprint density at radius 2 is 1.79 bits per heavy atom. The molecule has 1 fully saturated rings. The maximum atomic E-state index is 2.58. The summed E-state index contributed by atoms with van der Waals surface area (Å²) in [5, 5.41) is 0. The lowest BCUT2D eigenvalue weighted by molar-refractivity contribution is 0.403. The van der Waals surface area contributed by atoms with E-state index in [9.17, 15) is 0 Å². The van der Waals surface area contributed by atoms with Gasteiger partial charge in [0, 0.05) is 0 Å². The molecule has 1 radical (unpaired) electrons. The third-order valence-electron chi connectivity index (χ3n) is 3.46. The van der Waals surface area contributed by atoms with Gasteiger partial charge in [0.15, 0.2) is 0 Å². The zero-order chi connectivity index (χ0) is 10.1. The van der Waals surface area contributed by atoms with E-state index < -0.39 is 0 Å². The van der Waals surface area contributed by atoms with Crippen molar-refractivity contribution in [3.63, 3.8) is 0 Å². The molecule has 83 valence electrons. The first-order valence-electron chi connectivity index (χ1n) is 6.77. The zero-order valence-electron chi connectivity index (χ0n) is 9.93.